The summed E-state index contributed by atoms with van der Waals surface area (Å²) in [6.07, 6.45) is 0.221. The van der Waals surface area contributed by atoms with Gasteiger partial charge in [0.25, 0.3) is 0 Å². The third-order valence-electron chi connectivity index (χ3n) is 3.67. The quantitative estimate of drug-likeness (QED) is 0.700. The largest absolute Gasteiger partial charge is 1.00 e. The number of rotatable bonds is 8. The first-order valence-electron chi connectivity index (χ1n) is 7.32. The number of halogens is 1. The molecule has 2 atom stereocenters. The Morgan fingerprint density at radius 1 is 0.727 bits per heavy atom. The highest BCUT2D eigenvalue weighted by molar-refractivity contribution is 5.18. The van der Waals surface area contributed by atoms with E-state index < -0.39 is 0 Å². The fourth-order valence-corrected chi connectivity index (χ4v) is 2.47. The summed E-state index contributed by atoms with van der Waals surface area (Å²) < 4.78 is 11.2. The second kappa shape index (κ2) is 10.4. The maximum Gasteiger partial charge on any atom is 0.131 e. The van der Waals surface area contributed by atoms with Crippen molar-refractivity contribution in [3.8, 4) is 0 Å². The van der Waals surface area contributed by atoms with Crippen molar-refractivity contribution >= 4 is 0 Å². The number of nitrogens with two attached hydrogens (primary N) is 1. The average molecular weight is 322 g/mol. The molecule has 0 spiro atoms. The monoisotopic (exact) mass is 321 g/mol. The third kappa shape index (κ3) is 5.43. The highest BCUT2D eigenvalue weighted by Crippen LogP contribution is 2.15. The molecule has 22 heavy (non-hydrogen) atoms. The summed E-state index contributed by atoms with van der Waals surface area (Å²) in [5.74, 6) is 0. The van der Waals surface area contributed by atoms with E-state index in [1.165, 1.54) is 11.1 Å². The predicted molar refractivity (Wildman–Crippen MR) is 84.0 cm³/mol. The molecule has 2 aromatic carbocycles. The Morgan fingerprint density at radius 2 is 1.09 bits per heavy atom. The molecule has 0 heterocycles. The molecule has 0 saturated heterocycles. The van der Waals surface area contributed by atoms with E-state index in [-0.39, 0.29) is 24.6 Å². The molecule has 120 valence electrons. The van der Waals surface area contributed by atoms with Crippen LogP contribution in [0, 0.1) is 0 Å². The van der Waals surface area contributed by atoms with Crippen LogP contribution in [0.25, 0.3) is 0 Å². The zero-order valence-electron chi connectivity index (χ0n) is 13.1. The SMILES string of the molecule is COC(C[NH2+]CC(OC)c1ccccc1)c1ccccc1.[Cl-]. The Kier molecular flexibility index (Phi) is 8.78. The molecule has 4 heteroatoms. The standard InChI is InChI=1S/C18H23NO2.ClH/c1-20-17(15-9-5-3-6-10-15)13-19-14-18(21-2)16-11-7-4-8-12-16;/h3-12,17-19H,13-14H2,1-2H3;1H. The molecule has 0 saturated carbocycles. The van der Waals surface area contributed by atoms with Gasteiger partial charge in [-0.2, -0.15) is 0 Å². The predicted octanol–water partition coefficient (Wildman–Crippen LogP) is -0.671. The molecule has 3 nitrogen and oxygen atoms in total. The Hall–Kier alpha value is -1.39. The van der Waals surface area contributed by atoms with Gasteiger partial charge >= 0.3 is 0 Å². The van der Waals surface area contributed by atoms with Crippen LogP contribution in [0.1, 0.15) is 23.3 Å². The highest BCUT2D eigenvalue weighted by atomic mass is 35.5. The van der Waals surface area contributed by atoms with Crippen molar-refractivity contribution in [2.75, 3.05) is 27.3 Å². The minimum atomic E-state index is 0. The lowest BCUT2D eigenvalue weighted by molar-refractivity contribution is -0.669. The zero-order valence-corrected chi connectivity index (χ0v) is 13.9. The molecule has 0 aliphatic carbocycles. The molecule has 0 aromatic heterocycles. The Balaban J connectivity index is 0.00000242. The van der Waals surface area contributed by atoms with Crippen molar-refractivity contribution in [1.82, 2.24) is 0 Å². The first-order chi connectivity index (χ1) is 10.3. The lowest BCUT2D eigenvalue weighted by atomic mass is 10.1. The van der Waals surface area contributed by atoms with Crippen LogP contribution in [0.15, 0.2) is 60.7 Å². The zero-order chi connectivity index (χ0) is 14.9. The van der Waals surface area contributed by atoms with E-state index in [0.717, 1.165) is 13.1 Å². The van der Waals surface area contributed by atoms with Crippen LogP contribution in [0.2, 0.25) is 0 Å². The van der Waals surface area contributed by atoms with Gasteiger partial charge in [0.05, 0.1) is 0 Å². The minimum absolute atomic E-state index is 0. The first-order valence-corrected chi connectivity index (χ1v) is 7.32. The van der Waals surface area contributed by atoms with Crippen LogP contribution in [0.5, 0.6) is 0 Å². The van der Waals surface area contributed by atoms with Gasteiger partial charge in [-0.1, -0.05) is 60.7 Å². The fourth-order valence-electron chi connectivity index (χ4n) is 2.47. The topological polar surface area (TPSA) is 35.1 Å². The van der Waals surface area contributed by atoms with Crippen LogP contribution >= 0.6 is 0 Å². The molecule has 0 amide bonds. The van der Waals surface area contributed by atoms with E-state index in [1.807, 2.05) is 36.4 Å². The summed E-state index contributed by atoms with van der Waals surface area (Å²) in [6, 6.07) is 20.6. The molecular weight excluding hydrogens is 298 g/mol. The average Bonchev–Trinajstić information content (AvgIpc) is 2.57. The smallest absolute Gasteiger partial charge is 0.131 e. The molecule has 0 aliphatic rings. The van der Waals surface area contributed by atoms with Gasteiger partial charge in [0.1, 0.15) is 25.3 Å². The number of ether oxygens (including phenoxy) is 2. The van der Waals surface area contributed by atoms with Gasteiger partial charge in [0, 0.05) is 14.2 Å². The Labute approximate surface area is 139 Å². The minimum Gasteiger partial charge on any atom is -1.00 e. The molecule has 2 unspecified atom stereocenters. The van der Waals surface area contributed by atoms with Gasteiger partial charge in [0.15, 0.2) is 0 Å². The van der Waals surface area contributed by atoms with Crippen molar-refractivity contribution in [2.24, 2.45) is 0 Å². The van der Waals surface area contributed by atoms with Crippen LogP contribution in [-0.2, 0) is 9.47 Å². The van der Waals surface area contributed by atoms with E-state index in [1.54, 1.807) is 14.2 Å². The molecular formula is C18H24ClNO2. The second-order valence-corrected chi connectivity index (χ2v) is 5.03. The summed E-state index contributed by atoms with van der Waals surface area (Å²) in [6.45, 7) is 1.76. The van der Waals surface area contributed by atoms with Crippen LogP contribution < -0.4 is 17.7 Å². The van der Waals surface area contributed by atoms with Crippen molar-refractivity contribution in [2.45, 2.75) is 12.2 Å². The summed E-state index contributed by atoms with van der Waals surface area (Å²) in [5, 5.41) is 2.25. The third-order valence-corrected chi connectivity index (χ3v) is 3.67. The van der Waals surface area contributed by atoms with Crippen LogP contribution in [0.4, 0.5) is 0 Å². The van der Waals surface area contributed by atoms with Gasteiger partial charge in [0.2, 0.25) is 0 Å². The normalized spacial score (nSPS) is 13.2. The number of benzene rings is 2. The summed E-state index contributed by atoms with van der Waals surface area (Å²) in [4.78, 5) is 0. The van der Waals surface area contributed by atoms with E-state index in [0.29, 0.717) is 0 Å². The van der Waals surface area contributed by atoms with Gasteiger partial charge in [-0.3, -0.25) is 0 Å². The van der Waals surface area contributed by atoms with E-state index in [4.69, 9.17) is 9.47 Å². The van der Waals surface area contributed by atoms with Crippen molar-refractivity contribution in [1.29, 1.82) is 0 Å². The van der Waals surface area contributed by atoms with Gasteiger partial charge in [-0.25, -0.2) is 0 Å². The first kappa shape index (κ1) is 18.7. The lowest BCUT2D eigenvalue weighted by Crippen LogP contribution is -3.00. The molecule has 0 aliphatic heterocycles. The number of hydrogen-bond acceptors (Lipinski definition) is 2. The lowest BCUT2D eigenvalue weighted by Gasteiger charge is -2.18. The van der Waals surface area contributed by atoms with Crippen LogP contribution in [-0.4, -0.2) is 27.3 Å². The summed E-state index contributed by atoms with van der Waals surface area (Å²) in [5.41, 5.74) is 2.43. The van der Waals surface area contributed by atoms with Gasteiger partial charge in [-0.05, 0) is 11.1 Å². The molecule has 2 rings (SSSR count). The van der Waals surface area contributed by atoms with E-state index in [2.05, 4.69) is 29.6 Å². The number of hydrogen-bond donors (Lipinski definition) is 1. The molecule has 2 N–H and O–H groups in total. The molecule has 0 fully saturated rings. The fraction of sp³-hybridized carbons (Fsp3) is 0.333. The summed E-state index contributed by atoms with van der Waals surface area (Å²) in [7, 11) is 3.52. The van der Waals surface area contributed by atoms with E-state index in [9.17, 15) is 0 Å². The Bertz CT molecular complexity index is 460. The number of quaternary nitrogens is 1. The van der Waals surface area contributed by atoms with Gasteiger partial charge in [-0.15, -0.1) is 0 Å². The van der Waals surface area contributed by atoms with E-state index >= 15 is 0 Å². The maximum atomic E-state index is 5.59. The molecule has 0 radical (unpaired) electrons. The Morgan fingerprint density at radius 3 is 1.41 bits per heavy atom. The van der Waals surface area contributed by atoms with Crippen molar-refractivity contribution in [3.63, 3.8) is 0 Å². The molecule has 2 aromatic rings. The van der Waals surface area contributed by atoms with Gasteiger partial charge < -0.3 is 27.2 Å². The van der Waals surface area contributed by atoms with Crippen molar-refractivity contribution in [3.05, 3.63) is 71.8 Å². The summed E-state index contributed by atoms with van der Waals surface area (Å²) >= 11 is 0. The maximum absolute atomic E-state index is 5.59. The second-order valence-electron chi connectivity index (χ2n) is 5.03. The van der Waals surface area contributed by atoms with Crippen molar-refractivity contribution < 1.29 is 27.2 Å². The highest BCUT2D eigenvalue weighted by Gasteiger charge is 2.15. The number of methoxy groups -OCH3 is 2. The molecule has 0 bridgehead atoms. The van der Waals surface area contributed by atoms with Crippen LogP contribution in [0.3, 0.4) is 0 Å².